The number of carbonyl (C=O) groups excluding carboxylic acids is 1. The van der Waals surface area contributed by atoms with E-state index >= 15 is 0 Å². The van der Waals surface area contributed by atoms with Crippen LogP contribution in [0.5, 0.6) is 0 Å². The van der Waals surface area contributed by atoms with Gasteiger partial charge in [0.05, 0.1) is 6.54 Å². The summed E-state index contributed by atoms with van der Waals surface area (Å²) in [4.78, 5) is 33.3. The van der Waals surface area contributed by atoms with Crippen molar-refractivity contribution in [3.8, 4) is 0 Å². The van der Waals surface area contributed by atoms with Gasteiger partial charge in [-0.2, -0.15) is 0 Å². The molecule has 0 heterocycles. The van der Waals surface area contributed by atoms with Gasteiger partial charge in [0.25, 0.3) is 0 Å². The van der Waals surface area contributed by atoms with Crippen molar-refractivity contribution < 1.29 is 24.6 Å². The largest absolute Gasteiger partial charge is 0.480 e. The molecule has 0 saturated heterocycles. The molecular weight excluding hydrogens is 228 g/mol. The Hall–Kier alpha value is -1.63. The van der Waals surface area contributed by atoms with Crippen LogP contribution in [-0.4, -0.2) is 59.1 Å². The van der Waals surface area contributed by atoms with Crippen molar-refractivity contribution in [2.45, 2.75) is 12.8 Å². The van der Waals surface area contributed by atoms with Gasteiger partial charge in [0.2, 0.25) is 5.91 Å². The van der Waals surface area contributed by atoms with Gasteiger partial charge in [-0.15, -0.1) is 0 Å². The van der Waals surface area contributed by atoms with Gasteiger partial charge in [0.15, 0.2) is 0 Å². The van der Waals surface area contributed by atoms with Gasteiger partial charge in [0, 0.05) is 0 Å². The van der Waals surface area contributed by atoms with E-state index in [0.29, 0.717) is 5.92 Å². The third kappa shape index (κ3) is 5.86. The van der Waals surface area contributed by atoms with Crippen molar-refractivity contribution in [1.29, 1.82) is 0 Å². The molecule has 0 atom stereocenters. The number of carbonyl (C=O) groups is 3. The zero-order chi connectivity index (χ0) is 12.8. The molecule has 17 heavy (non-hydrogen) atoms. The number of rotatable bonds is 8. The van der Waals surface area contributed by atoms with E-state index in [-0.39, 0.29) is 6.54 Å². The molecule has 1 aliphatic rings. The van der Waals surface area contributed by atoms with Crippen LogP contribution >= 0.6 is 0 Å². The van der Waals surface area contributed by atoms with E-state index in [1.807, 2.05) is 0 Å². The van der Waals surface area contributed by atoms with Crippen LogP contribution in [0.3, 0.4) is 0 Å². The molecule has 0 aromatic heterocycles. The number of carboxylic acid groups (broad SMARTS) is 2. The highest BCUT2D eigenvalue weighted by Crippen LogP contribution is 2.27. The summed E-state index contributed by atoms with van der Waals surface area (Å²) >= 11 is 0. The first-order valence-corrected chi connectivity index (χ1v) is 5.41. The van der Waals surface area contributed by atoms with E-state index < -0.39 is 30.9 Å². The fraction of sp³-hybridized carbons (Fsp3) is 0.700. The van der Waals surface area contributed by atoms with E-state index in [1.54, 1.807) is 0 Å². The normalized spacial score (nSPS) is 14.4. The summed E-state index contributed by atoms with van der Waals surface area (Å²) in [5, 5.41) is 20.0. The third-order valence-electron chi connectivity index (χ3n) is 2.41. The van der Waals surface area contributed by atoms with Crippen molar-refractivity contribution in [3.63, 3.8) is 0 Å². The van der Waals surface area contributed by atoms with Gasteiger partial charge < -0.3 is 20.4 Å². The van der Waals surface area contributed by atoms with E-state index in [4.69, 9.17) is 10.2 Å². The highest BCUT2D eigenvalue weighted by molar-refractivity contribution is 5.86. The minimum atomic E-state index is -1.22. The lowest BCUT2D eigenvalue weighted by atomic mass is 10.4. The quantitative estimate of drug-likeness (QED) is 0.504. The number of aliphatic carboxylic acids is 2. The van der Waals surface area contributed by atoms with Crippen LogP contribution in [0.2, 0.25) is 0 Å². The lowest BCUT2D eigenvalue weighted by Gasteiger charge is -2.18. The summed E-state index contributed by atoms with van der Waals surface area (Å²) in [5.74, 6) is -2.34. The molecule has 96 valence electrons. The summed E-state index contributed by atoms with van der Waals surface area (Å²) in [5.41, 5.74) is 0. The maximum atomic E-state index is 11.6. The molecule has 7 heteroatoms. The minimum absolute atomic E-state index is 0.0168. The molecule has 0 radical (unpaired) electrons. The van der Waals surface area contributed by atoms with Gasteiger partial charge >= 0.3 is 11.9 Å². The Bertz CT molecular complexity index is 298. The summed E-state index contributed by atoms with van der Waals surface area (Å²) < 4.78 is 0. The molecule has 1 saturated carbocycles. The molecule has 3 N–H and O–H groups in total. The number of carboxylic acids is 2. The maximum Gasteiger partial charge on any atom is 0.323 e. The smallest absolute Gasteiger partial charge is 0.323 e. The zero-order valence-electron chi connectivity index (χ0n) is 9.39. The monoisotopic (exact) mass is 244 g/mol. The van der Waals surface area contributed by atoms with Crippen LogP contribution in [0, 0.1) is 5.92 Å². The van der Waals surface area contributed by atoms with Crippen LogP contribution in [0.15, 0.2) is 0 Å². The second kappa shape index (κ2) is 6.19. The van der Waals surface area contributed by atoms with Crippen LogP contribution in [-0.2, 0) is 14.4 Å². The van der Waals surface area contributed by atoms with E-state index in [1.165, 1.54) is 0 Å². The van der Waals surface area contributed by atoms with Crippen LogP contribution < -0.4 is 5.32 Å². The number of amides is 1. The first kappa shape index (κ1) is 13.4. The predicted molar refractivity (Wildman–Crippen MR) is 57.4 cm³/mol. The summed E-state index contributed by atoms with van der Waals surface area (Å²) in [6, 6.07) is 0. The summed E-state index contributed by atoms with van der Waals surface area (Å²) in [7, 11) is 0. The Morgan fingerprint density at radius 3 is 2.06 bits per heavy atom. The number of hydrogen-bond acceptors (Lipinski definition) is 4. The van der Waals surface area contributed by atoms with Crippen LogP contribution in [0.25, 0.3) is 0 Å². The fourth-order valence-corrected chi connectivity index (χ4v) is 1.38. The Labute approximate surface area is 98.4 Å². The van der Waals surface area contributed by atoms with E-state index in [2.05, 4.69) is 5.32 Å². The van der Waals surface area contributed by atoms with Crippen molar-refractivity contribution in [2.24, 2.45) is 5.92 Å². The SMILES string of the molecule is O=C(O)CN(CC(=O)O)C(=O)CNCC1CC1. The van der Waals surface area contributed by atoms with Crippen molar-refractivity contribution in [1.82, 2.24) is 10.2 Å². The number of nitrogens with zero attached hydrogens (tertiary/aromatic N) is 1. The Balaban J connectivity index is 2.33. The number of hydrogen-bond donors (Lipinski definition) is 3. The van der Waals surface area contributed by atoms with Crippen molar-refractivity contribution >= 4 is 17.8 Å². The lowest BCUT2D eigenvalue weighted by molar-refractivity contribution is -0.149. The molecule has 7 nitrogen and oxygen atoms in total. The third-order valence-corrected chi connectivity index (χ3v) is 2.41. The minimum Gasteiger partial charge on any atom is -0.480 e. The molecule has 0 aromatic rings. The van der Waals surface area contributed by atoms with Gasteiger partial charge in [-0.3, -0.25) is 14.4 Å². The fourth-order valence-electron chi connectivity index (χ4n) is 1.38. The molecule has 0 aliphatic heterocycles. The zero-order valence-corrected chi connectivity index (χ0v) is 9.39. The molecule has 1 rings (SSSR count). The van der Waals surface area contributed by atoms with Gasteiger partial charge in [0.1, 0.15) is 13.1 Å². The highest BCUT2D eigenvalue weighted by Gasteiger charge is 2.22. The molecular formula is C10H16N2O5. The van der Waals surface area contributed by atoms with E-state index in [9.17, 15) is 14.4 Å². The average Bonchev–Trinajstić information content (AvgIpc) is 2.99. The topological polar surface area (TPSA) is 107 Å². The van der Waals surface area contributed by atoms with Gasteiger partial charge in [-0.1, -0.05) is 0 Å². The molecule has 1 fully saturated rings. The predicted octanol–water partition coefficient (Wildman–Crippen LogP) is -1.02. The van der Waals surface area contributed by atoms with Crippen LogP contribution in [0.1, 0.15) is 12.8 Å². The summed E-state index contributed by atoms with van der Waals surface area (Å²) in [6.07, 6.45) is 2.30. The maximum absolute atomic E-state index is 11.6. The Kier molecular flexibility index (Phi) is 4.89. The average molecular weight is 244 g/mol. The van der Waals surface area contributed by atoms with Gasteiger partial charge in [-0.25, -0.2) is 0 Å². The first-order valence-electron chi connectivity index (χ1n) is 5.41. The molecule has 1 amide bonds. The van der Waals surface area contributed by atoms with Crippen molar-refractivity contribution in [3.05, 3.63) is 0 Å². The second-order valence-corrected chi connectivity index (χ2v) is 4.11. The highest BCUT2D eigenvalue weighted by atomic mass is 16.4. The molecule has 0 spiro atoms. The summed E-state index contributed by atoms with van der Waals surface area (Å²) in [6.45, 7) is -0.469. The van der Waals surface area contributed by atoms with Crippen LogP contribution in [0.4, 0.5) is 0 Å². The Morgan fingerprint density at radius 2 is 1.65 bits per heavy atom. The molecule has 0 unspecified atom stereocenters. The first-order chi connectivity index (χ1) is 7.99. The molecule has 0 aromatic carbocycles. The second-order valence-electron chi connectivity index (χ2n) is 4.11. The van der Waals surface area contributed by atoms with E-state index in [0.717, 1.165) is 24.3 Å². The Morgan fingerprint density at radius 1 is 1.12 bits per heavy atom. The van der Waals surface area contributed by atoms with Crippen molar-refractivity contribution in [2.75, 3.05) is 26.2 Å². The standard InChI is InChI=1S/C10H16N2O5/c13-8(4-11-3-7-1-2-7)12(5-9(14)15)6-10(16)17/h7,11H,1-6H2,(H,14,15)(H,16,17). The number of nitrogens with one attached hydrogen (secondary N) is 1. The van der Waals surface area contributed by atoms with Gasteiger partial charge in [-0.05, 0) is 25.3 Å². The lowest BCUT2D eigenvalue weighted by Crippen LogP contribution is -2.44. The molecule has 0 bridgehead atoms. The molecule has 1 aliphatic carbocycles.